The van der Waals surface area contributed by atoms with Crippen molar-refractivity contribution >= 4 is 17.0 Å². The summed E-state index contributed by atoms with van der Waals surface area (Å²) in [6.45, 7) is 2.43. The maximum absolute atomic E-state index is 12.6. The van der Waals surface area contributed by atoms with E-state index in [1.807, 2.05) is 36.4 Å². The van der Waals surface area contributed by atoms with E-state index in [0.717, 1.165) is 36.3 Å². The molecule has 0 spiro atoms. The first-order chi connectivity index (χ1) is 16.1. The van der Waals surface area contributed by atoms with Crippen LogP contribution in [-0.4, -0.2) is 43.0 Å². The topological polar surface area (TPSA) is 67.6 Å². The molecule has 33 heavy (non-hydrogen) atoms. The molecular formula is C27H29N3O3. The summed E-state index contributed by atoms with van der Waals surface area (Å²) >= 11 is 0. The van der Waals surface area contributed by atoms with Crippen molar-refractivity contribution in [2.75, 3.05) is 27.2 Å². The third kappa shape index (κ3) is 6.20. The summed E-state index contributed by atoms with van der Waals surface area (Å²) < 4.78 is 11.1. The maximum atomic E-state index is 12.6. The van der Waals surface area contributed by atoms with Gasteiger partial charge in [-0.3, -0.25) is 4.79 Å². The number of carbonyl (C=O) groups excluding carboxylic acids is 1. The Hall–Kier alpha value is -3.64. The summed E-state index contributed by atoms with van der Waals surface area (Å²) in [5.74, 6) is 1.33. The van der Waals surface area contributed by atoms with Gasteiger partial charge >= 0.3 is 0 Å². The van der Waals surface area contributed by atoms with E-state index in [2.05, 4.69) is 46.5 Å². The summed E-state index contributed by atoms with van der Waals surface area (Å²) in [5.41, 5.74) is 4.31. The molecule has 3 aromatic carbocycles. The molecule has 0 saturated carbocycles. The molecule has 0 aliphatic heterocycles. The number of nitrogens with zero attached hydrogens (tertiary/aromatic N) is 2. The number of hydrogen-bond donors (Lipinski definition) is 1. The van der Waals surface area contributed by atoms with Crippen molar-refractivity contribution in [3.8, 4) is 5.75 Å². The molecule has 1 aromatic heterocycles. The van der Waals surface area contributed by atoms with Crippen molar-refractivity contribution in [3.63, 3.8) is 0 Å². The van der Waals surface area contributed by atoms with Crippen molar-refractivity contribution in [2.45, 2.75) is 19.4 Å². The summed E-state index contributed by atoms with van der Waals surface area (Å²) in [6, 6.07) is 23.6. The van der Waals surface area contributed by atoms with Gasteiger partial charge in [-0.05, 0) is 61.5 Å². The van der Waals surface area contributed by atoms with E-state index in [0.29, 0.717) is 30.0 Å². The zero-order chi connectivity index (χ0) is 23.0. The normalized spacial score (nSPS) is 11.1. The number of ether oxygens (including phenoxy) is 1. The molecule has 6 nitrogen and oxygen atoms in total. The van der Waals surface area contributed by atoms with Crippen LogP contribution in [0.4, 0.5) is 0 Å². The summed E-state index contributed by atoms with van der Waals surface area (Å²) in [5, 5.41) is 3.00. The smallest absolute Gasteiger partial charge is 0.251 e. The van der Waals surface area contributed by atoms with Crippen LogP contribution in [0.15, 0.2) is 77.2 Å². The Bertz CT molecular complexity index is 1190. The van der Waals surface area contributed by atoms with E-state index >= 15 is 0 Å². The van der Waals surface area contributed by atoms with Gasteiger partial charge in [0.05, 0.1) is 7.11 Å². The van der Waals surface area contributed by atoms with Crippen LogP contribution in [0.1, 0.15) is 33.8 Å². The fraction of sp³-hybridized carbons (Fsp3) is 0.259. The zero-order valence-electron chi connectivity index (χ0n) is 19.1. The minimum Gasteiger partial charge on any atom is -0.497 e. The Kier molecular flexibility index (Phi) is 7.37. The van der Waals surface area contributed by atoms with E-state index in [1.165, 1.54) is 5.56 Å². The Morgan fingerprint density at radius 1 is 1.03 bits per heavy atom. The van der Waals surface area contributed by atoms with Crippen LogP contribution in [0.2, 0.25) is 0 Å². The molecule has 0 aliphatic carbocycles. The molecule has 0 aliphatic rings. The minimum atomic E-state index is -0.101. The molecule has 4 aromatic rings. The van der Waals surface area contributed by atoms with Crippen LogP contribution < -0.4 is 10.1 Å². The lowest BCUT2D eigenvalue weighted by molar-refractivity contribution is 0.0952. The molecule has 0 radical (unpaired) electrons. The number of hydrogen-bond acceptors (Lipinski definition) is 5. The molecule has 6 heteroatoms. The van der Waals surface area contributed by atoms with Crippen LogP contribution in [0, 0.1) is 0 Å². The second kappa shape index (κ2) is 10.8. The summed E-state index contributed by atoms with van der Waals surface area (Å²) in [6.07, 6.45) is 1.46. The number of fused-ring (bicyclic) bond motifs is 1. The number of aromatic nitrogens is 1. The highest BCUT2D eigenvalue weighted by molar-refractivity contribution is 5.97. The molecule has 0 unspecified atom stereocenters. The van der Waals surface area contributed by atoms with Gasteiger partial charge < -0.3 is 19.4 Å². The van der Waals surface area contributed by atoms with Gasteiger partial charge in [0.15, 0.2) is 11.5 Å². The number of benzene rings is 3. The molecule has 1 amide bonds. The first-order valence-electron chi connectivity index (χ1n) is 11.1. The Morgan fingerprint density at radius 3 is 2.58 bits per heavy atom. The Morgan fingerprint density at radius 2 is 1.82 bits per heavy atom. The van der Waals surface area contributed by atoms with Crippen molar-refractivity contribution in [3.05, 3.63) is 95.4 Å². The predicted molar refractivity (Wildman–Crippen MR) is 130 cm³/mol. The number of carbonyl (C=O) groups is 1. The summed E-state index contributed by atoms with van der Waals surface area (Å²) in [7, 11) is 3.74. The van der Waals surface area contributed by atoms with Gasteiger partial charge in [-0.15, -0.1) is 0 Å². The first-order valence-corrected chi connectivity index (χ1v) is 11.1. The molecule has 170 valence electrons. The fourth-order valence-electron chi connectivity index (χ4n) is 3.73. The molecule has 0 bridgehead atoms. The van der Waals surface area contributed by atoms with Gasteiger partial charge in [0.2, 0.25) is 0 Å². The van der Waals surface area contributed by atoms with Crippen LogP contribution in [0.5, 0.6) is 5.75 Å². The van der Waals surface area contributed by atoms with Gasteiger partial charge in [0, 0.05) is 25.1 Å². The second-order valence-electron chi connectivity index (χ2n) is 8.15. The number of amides is 1. The number of rotatable bonds is 10. The highest BCUT2D eigenvalue weighted by Crippen LogP contribution is 2.20. The molecule has 4 rings (SSSR count). The van der Waals surface area contributed by atoms with Crippen molar-refractivity contribution < 1.29 is 13.9 Å². The molecule has 0 atom stereocenters. The van der Waals surface area contributed by atoms with Crippen molar-refractivity contribution in [2.24, 2.45) is 0 Å². The lowest BCUT2D eigenvalue weighted by Gasteiger charge is -2.16. The largest absolute Gasteiger partial charge is 0.497 e. The molecule has 1 N–H and O–H groups in total. The lowest BCUT2D eigenvalue weighted by atomic mass is 10.1. The van der Waals surface area contributed by atoms with Crippen molar-refractivity contribution in [1.29, 1.82) is 0 Å². The predicted octanol–water partition coefficient (Wildman–Crippen LogP) is 4.68. The Labute approximate surface area is 194 Å². The van der Waals surface area contributed by atoms with Gasteiger partial charge in [-0.2, -0.15) is 0 Å². The average Bonchev–Trinajstić information content (AvgIpc) is 3.24. The highest BCUT2D eigenvalue weighted by atomic mass is 16.5. The van der Waals surface area contributed by atoms with E-state index < -0.39 is 0 Å². The maximum Gasteiger partial charge on any atom is 0.251 e. The number of nitrogens with one attached hydrogen (secondary N) is 1. The molecule has 0 fully saturated rings. The molecule has 1 heterocycles. The third-order valence-corrected chi connectivity index (χ3v) is 5.51. The van der Waals surface area contributed by atoms with Gasteiger partial charge in [0.1, 0.15) is 11.3 Å². The SMILES string of the molecule is COc1ccc(Cc2nc3ccc(C(=O)NCCCN(C)Cc4ccccc4)cc3o2)cc1. The van der Waals surface area contributed by atoms with Gasteiger partial charge in [-0.1, -0.05) is 42.5 Å². The Balaban J connectivity index is 1.28. The van der Waals surface area contributed by atoms with Crippen LogP contribution in [-0.2, 0) is 13.0 Å². The molecular weight excluding hydrogens is 414 g/mol. The molecule has 0 saturated heterocycles. The van der Waals surface area contributed by atoms with Crippen LogP contribution >= 0.6 is 0 Å². The van der Waals surface area contributed by atoms with E-state index in [1.54, 1.807) is 19.2 Å². The minimum absolute atomic E-state index is 0.101. The van der Waals surface area contributed by atoms with E-state index in [-0.39, 0.29) is 5.91 Å². The number of oxazole rings is 1. The standard InChI is InChI=1S/C27H29N3O3/c1-30(19-21-7-4-3-5-8-21)16-6-15-28-27(31)22-11-14-24-25(18-22)33-26(29-24)17-20-9-12-23(32-2)13-10-20/h3-5,7-14,18H,6,15-17,19H2,1-2H3,(H,28,31). The van der Waals surface area contributed by atoms with E-state index in [9.17, 15) is 4.79 Å². The third-order valence-electron chi connectivity index (χ3n) is 5.51. The highest BCUT2D eigenvalue weighted by Gasteiger charge is 2.11. The van der Waals surface area contributed by atoms with Crippen LogP contribution in [0.3, 0.4) is 0 Å². The quantitative estimate of drug-likeness (QED) is 0.361. The average molecular weight is 444 g/mol. The zero-order valence-corrected chi connectivity index (χ0v) is 19.1. The summed E-state index contributed by atoms with van der Waals surface area (Å²) in [4.78, 5) is 19.4. The van der Waals surface area contributed by atoms with Gasteiger partial charge in [-0.25, -0.2) is 4.98 Å². The van der Waals surface area contributed by atoms with Crippen LogP contribution in [0.25, 0.3) is 11.1 Å². The fourth-order valence-corrected chi connectivity index (χ4v) is 3.73. The van der Waals surface area contributed by atoms with E-state index in [4.69, 9.17) is 9.15 Å². The van der Waals surface area contributed by atoms with Crippen molar-refractivity contribution in [1.82, 2.24) is 15.2 Å². The van der Waals surface area contributed by atoms with Gasteiger partial charge in [0.25, 0.3) is 5.91 Å². The number of methoxy groups -OCH3 is 1. The first kappa shape index (κ1) is 22.6. The monoisotopic (exact) mass is 443 g/mol. The second-order valence-corrected chi connectivity index (χ2v) is 8.15. The lowest BCUT2D eigenvalue weighted by Crippen LogP contribution is -2.28.